The van der Waals surface area contributed by atoms with Crippen molar-refractivity contribution in [2.24, 2.45) is 4.99 Å². The van der Waals surface area contributed by atoms with Crippen LogP contribution in [0.2, 0.25) is 0 Å². The van der Waals surface area contributed by atoms with E-state index in [-0.39, 0.29) is 24.0 Å². The van der Waals surface area contributed by atoms with Crippen LogP contribution in [-0.2, 0) is 11.3 Å². The first-order valence-corrected chi connectivity index (χ1v) is 9.64. The van der Waals surface area contributed by atoms with Crippen molar-refractivity contribution >= 4 is 41.7 Å². The third-order valence-corrected chi connectivity index (χ3v) is 4.63. The molecule has 0 amide bonds. The Hall–Kier alpha value is -1.45. The van der Waals surface area contributed by atoms with E-state index in [0.717, 1.165) is 29.6 Å². The van der Waals surface area contributed by atoms with Gasteiger partial charge in [0, 0.05) is 36.3 Å². The van der Waals surface area contributed by atoms with Gasteiger partial charge >= 0.3 is 0 Å². The summed E-state index contributed by atoms with van der Waals surface area (Å²) in [4.78, 5) is 5.51. The SMILES string of the molecule is CN=C(NCCOCc1ccccc1OC)NCCSc1ccccc1.I. The van der Waals surface area contributed by atoms with E-state index in [1.54, 1.807) is 14.2 Å². The molecule has 0 saturated carbocycles. The van der Waals surface area contributed by atoms with E-state index < -0.39 is 0 Å². The Labute approximate surface area is 183 Å². The Morgan fingerprint density at radius 1 is 1.00 bits per heavy atom. The van der Waals surface area contributed by atoms with Gasteiger partial charge in [-0.05, 0) is 18.2 Å². The fourth-order valence-corrected chi connectivity index (χ4v) is 3.11. The van der Waals surface area contributed by atoms with Crippen molar-refractivity contribution in [2.45, 2.75) is 11.5 Å². The number of hydrogen-bond donors (Lipinski definition) is 2. The van der Waals surface area contributed by atoms with Crippen LogP contribution in [-0.4, -0.2) is 45.6 Å². The maximum Gasteiger partial charge on any atom is 0.191 e. The predicted octanol–water partition coefficient (Wildman–Crippen LogP) is 3.79. The van der Waals surface area contributed by atoms with E-state index in [2.05, 4.69) is 39.9 Å². The van der Waals surface area contributed by atoms with Crippen LogP contribution in [0.15, 0.2) is 64.5 Å². The number of guanidine groups is 1. The van der Waals surface area contributed by atoms with Gasteiger partial charge < -0.3 is 20.1 Å². The van der Waals surface area contributed by atoms with Crippen molar-refractivity contribution in [1.29, 1.82) is 0 Å². The molecule has 0 saturated heterocycles. The van der Waals surface area contributed by atoms with Crippen LogP contribution in [0, 0.1) is 0 Å². The number of thioether (sulfide) groups is 1. The van der Waals surface area contributed by atoms with E-state index in [4.69, 9.17) is 9.47 Å². The number of aliphatic imine (C=N–C) groups is 1. The molecule has 0 atom stereocenters. The largest absolute Gasteiger partial charge is 0.496 e. The highest BCUT2D eigenvalue weighted by atomic mass is 127. The third kappa shape index (κ3) is 9.34. The van der Waals surface area contributed by atoms with Crippen molar-refractivity contribution in [3.63, 3.8) is 0 Å². The van der Waals surface area contributed by atoms with Gasteiger partial charge in [-0.25, -0.2) is 0 Å². The monoisotopic (exact) mass is 501 g/mol. The standard InChI is InChI=1S/C20H27N3O2S.HI/c1-21-20(23-13-15-26-18-9-4-3-5-10-18)22-12-14-25-16-17-8-6-7-11-19(17)24-2;/h3-11H,12-16H2,1-2H3,(H2,21,22,23);1H. The van der Waals surface area contributed by atoms with Gasteiger partial charge in [-0.15, -0.1) is 35.7 Å². The minimum Gasteiger partial charge on any atom is -0.496 e. The molecule has 5 nitrogen and oxygen atoms in total. The summed E-state index contributed by atoms with van der Waals surface area (Å²) in [6.45, 7) is 2.67. The molecule has 7 heteroatoms. The molecule has 0 aliphatic carbocycles. The lowest BCUT2D eigenvalue weighted by atomic mass is 10.2. The molecule has 0 aliphatic rings. The average Bonchev–Trinajstić information content (AvgIpc) is 2.70. The maximum atomic E-state index is 5.71. The first-order valence-electron chi connectivity index (χ1n) is 8.65. The number of ether oxygens (including phenoxy) is 2. The van der Waals surface area contributed by atoms with Crippen molar-refractivity contribution in [1.82, 2.24) is 10.6 Å². The second-order valence-corrected chi connectivity index (χ2v) is 6.62. The summed E-state index contributed by atoms with van der Waals surface area (Å²) in [5.74, 6) is 2.63. The zero-order valence-corrected chi connectivity index (χ0v) is 19.0. The molecule has 0 heterocycles. The van der Waals surface area contributed by atoms with Gasteiger partial charge in [0.2, 0.25) is 0 Å². The molecule has 0 aliphatic heterocycles. The maximum absolute atomic E-state index is 5.71. The van der Waals surface area contributed by atoms with Crippen LogP contribution in [0.3, 0.4) is 0 Å². The van der Waals surface area contributed by atoms with E-state index in [9.17, 15) is 0 Å². The zero-order chi connectivity index (χ0) is 18.5. The van der Waals surface area contributed by atoms with Gasteiger partial charge in [-0.3, -0.25) is 4.99 Å². The highest BCUT2D eigenvalue weighted by Gasteiger charge is 2.02. The Balaban J connectivity index is 0.00000364. The summed E-state index contributed by atoms with van der Waals surface area (Å²) in [5.41, 5.74) is 1.05. The Morgan fingerprint density at radius 2 is 1.70 bits per heavy atom. The van der Waals surface area contributed by atoms with Gasteiger partial charge in [-0.1, -0.05) is 36.4 Å². The quantitative estimate of drug-likeness (QED) is 0.171. The predicted molar refractivity (Wildman–Crippen MR) is 125 cm³/mol. The van der Waals surface area contributed by atoms with Gasteiger partial charge in [-0.2, -0.15) is 0 Å². The number of halogens is 1. The first-order chi connectivity index (χ1) is 12.8. The molecule has 0 bridgehead atoms. The van der Waals surface area contributed by atoms with Gasteiger partial charge in [0.1, 0.15) is 5.75 Å². The normalized spacial score (nSPS) is 10.8. The van der Waals surface area contributed by atoms with E-state index in [0.29, 0.717) is 19.8 Å². The second-order valence-electron chi connectivity index (χ2n) is 5.45. The highest BCUT2D eigenvalue weighted by Crippen LogP contribution is 2.17. The van der Waals surface area contributed by atoms with Crippen LogP contribution in [0.5, 0.6) is 5.75 Å². The zero-order valence-electron chi connectivity index (χ0n) is 15.8. The van der Waals surface area contributed by atoms with E-state index >= 15 is 0 Å². The summed E-state index contributed by atoms with van der Waals surface area (Å²) in [6.07, 6.45) is 0. The molecule has 148 valence electrons. The summed E-state index contributed by atoms with van der Waals surface area (Å²) >= 11 is 1.82. The first kappa shape index (κ1) is 23.6. The van der Waals surface area contributed by atoms with Crippen molar-refractivity contribution < 1.29 is 9.47 Å². The molecular weight excluding hydrogens is 473 g/mol. The number of nitrogens with zero attached hydrogens (tertiary/aromatic N) is 1. The van der Waals surface area contributed by atoms with Gasteiger partial charge in [0.25, 0.3) is 0 Å². The molecule has 0 spiro atoms. The van der Waals surface area contributed by atoms with Crippen molar-refractivity contribution in [3.8, 4) is 5.75 Å². The number of hydrogen-bond acceptors (Lipinski definition) is 4. The van der Waals surface area contributed by atoms with Gasteiger partial charge in [0.05, 0.1) is 20.3 Å². The molecule has 2 rings (SSSR count). The lowest BCUT2D eigenvalue weighted by Crippen LogP contribution is -2.39. The lowest BCUT2D eigenvalue weighted by Gasteiger charge is -2.12. The van der Waals surface area contributed by atoms with E-state index in [1.165, 1.54) is 4.90 Å². The molecule has 0 aromatic heterocycles. The summed E-state index contributed by atoms with van der Waals surface area (Å²) in [6, 6.07) is 18.3. The highest BCUT2D eigenvalue weighted by molar-refractivity contribution is 14.0. The number of para-hydroxylation sites is 1. The van der Waals surface area contributed by atoms with Crippen LogP contribution in [0.4, 0.5) is 0 Å². The molecule has 2 aromatic carbocycles. The van der Waals surface area contributed by atoms with Crippen LogP contribution in [0.1, 0.15) is 5.56 Å². The number of rotatable bonds is 10. The third-order valence-electron chi connectivity index (χ3n) is 3.62. The lowest BCUT2D eigenvalue weighted by molar-refractivity contribution is 0.123. The average molecular weight is 501 g/mol. The van der Waals surface area contributed by atoms with E-state index in [1.807, 2.05) is 42.1 Å². The smallest absolute Gasteiger partial charge is 0.191 e. The fourth-order valence-electron chi connectivity index (χ4n) is 2.32. The molecule has 2 aromatic rings. The summed E-state index contributed by atoms with van der Waals surface area (Å²) in [5, 5.41) is 6.57. The molecule has 0 unspecified atom stereocenters. The molecule has 0 radical (unpaired) electrons. The number of nitrogens with one attached hydrogen (secondary N) is 2. The molecular formula is C20H28IN3O2S. The number of benzene rings is 2. The Bertz CT molecular complexity index is 671. The summed E-state index contributed by atoms with van der Waals surface area (Å²) < 4.78 is 11.0. The minimum absolute atomic E-state index is 0. The molecule has 27 heavy (non-hydrogen) atoms. The number of methoxy groups -OCH3 is 1. The topological polar surface area (TPSA) is 54.9 Å². The van der Waals surface area contributed by atoms with Crippen LogP contribution < -0.4 is 15.4 Å². The van der Waals surface area contributed by atoms with Gasteiger partial charge in [0.15, 0.2) is 5.96 Å². The van der Waals surface area contributed by atoms with Crippen molar-refractivity contribution in [3.05, 3.63) is 60.2 Å². The van der Waals surface area contributed by atoms with Crippen LogP contribution >= 0.6 is 35.7 Å². The van der Waals surface area contributed by atoms with Crippen molar-refractivity contribution in [2.75, 3.05) is 39.6 Å². The Morgan fingerprint density at radius 3 is 2.44 bits per heavy atom. The molecule has 2 N–H and O–H groups in total. The fraction of sp³-hybridized carbons (Fsp3) is 0.350. The van der Waals surface area contributed by atoms with Crippen LogP contribution in [0.25, 0.3) is 0 Å². The molecule has 0 fully saturated rings. The summed E-state index contributed by atoms with van der Waals surface area (Å²) in [7, 11) is 3.45. The second kappa shape index (κ2) is 14.6. The minimum atomic E-state index is 0. The Kier molecular flexibility index (Phi) is 12.7.